The minimum absolute atomic E-state index is 0.0261. The molecule has 1 aliphatic rings. The van der Waals surface area contributed by atoms with Gasteiger partial charge in [-0.25, -0.2) is 0 Å². The molecule has 0 spiro atoms. The highest BCUT2D eigenvalue weighted by molar-refractivity contribution is 5.87. The summed E-state index contributed by atoms with van der Waals surface area (Å²) in [5.74, 6) is -0.698. The number of hydrogen-bond acceptors (Lipinski definition) is 3. The summed E-state index contributed by atoms with van der Waals surface area (Å²) in [6, 6.07) is 8.36. The number of nitrogens with two attached hydrogens (primary N) is 1. The summed E-state index contributed by atoms with van der Waals surface area (Å²) in [6.07, 6.45) is 5.25. The third-order valence-corrected chi connectivity index (χ3v) is 4.20. The number of rotatable bonds is 5. The molecular formula is C17H21N3O2. The van der Waals surface area contributed by atoms with E-state index in [-0.39, 0.29) is 18.2 Å². The van der Waals surface area contributed by atoms with Crippen LogP contribution in [0.3, 0.4) is 0 Å². The lowest BCUT2D eigenvalue weighted by atomic mass is 9.88. The smallest absolute Gasteiger partial charge is 0.240 e. The van der Waals surface area contributed by atoms with Crippen molar-refractivity contribution in [1.29, 1.82) is 5.26 Å². The highest BCUT2D eigenvalue weighted by atomic mass is 16.2. The van der Waals surface area contributed by atoms with Gasteiger partial charge in [0.15, 0.2) is 0 Å². The third kappa shape index (κ3) is 4.08. The molecule has 2 amide bonds. The Kier molecular flexibility index (Phi) is 5.54. The molecule has 1 aromatic carbocycles. The predicted molar refractivity (Wildman–Crippen MR) is 82.6 cm³/mol. The quantitative estimate of drug-likeness (QED) is 0.865. The van der Waals surface area contributed by atoms with E-state index in [1.807, 2.05) is 0 Å². The van der Waals surface area contributed by atoms with Gasteiger partial charge >= 0.3 is 0 Å². The van der Waals surface area contributed by atoms with Crippen LogP contribution in [0.4, 0.5) is 0 Å². The number of amides is 2. The van der Waals surface area contributed by atoms with E-state index in [0.717, 1.165) is 31.2 Å². The summed E-state index contributed by atoms with van der Waals surface area (Å²) in [7, 11) is 0. The first kappa shape index (κ1) is 16.0. The maximum Gasteiger partial charge on any atom is 0.240 e. The summed E-state index contributed by atoms with van der Waals surface area (Å²) in [4.78, 5) is 23.9. The van der Waals surface area contributed by atoms with Gasteiger partial charge < -0.3 is 11.1 Å². The second-order valence-corrected chi connectivity index (χ2v) is 5.77. The number of carbonyl (C=O) groups is 2. The van der Waals surface area contributed by atoms with E-state index < -0.39 is 11.9 Å². The monoisotopic (exact) mass is 299 g/mol. The number of benzene rings is 1. The Morgan fingerprint density at radius 1 is 1.27 bits per heavy atom. The number of nitrogens with zero attached hydrogens (tertiary/aromatic N) is 1. The van der Waals surface area contributed by atoms with E-state index in [4.69, 9.17) is 11.0 Å². The molecule has 3 N–H and O–H groups in total. The lowest BCUT2D eigenvalue weighted by molar-refractivity contribution is -0.130. The Balaban J connectivity index is 2.05. The molecule has 1 saturated carbocycles. The molecule has 22 heavy (non-hydrogen) atoms. The first-order chi connectivity index (χ1) is 10.6. The number of carbonyl (C=O) groups excluding carboxylic acids is 2. The minimum Gasteiger partial charge on any atom is -0.368 e. The molecule has 0 saturated heterocycles. The van der Waals surface area contributed by atoms with Gasteiger partial charge in [-0.2, -0.15) is 5.26 Å². The lowest BCUT2D eigenvalue weighted by Crippen LogP contribution is -2.48. The SMILES string of the molecule is N#Cc1ccccc1C[C@H](NC(=O)C1CCCCC1)C(N)=O. The number of nitrogens with one attached hydrogen (secondary N) is 1. The van der Waals surface area contributed by atoms with Crippen LogP contribution in [-0.2, 0) is 16.0 Å². The van der Waals surface area contributed by atoms with Crippen LogP contribution in [0.5, 0.6) is 0 Å². The van der Waals surface area contributed by atoms with Crippen LogP contribution < -0.4 is 11.1 Å². The number of primary amides is 1. The summed E-state index contributed by atoms with van der Waals surface area (Å²) in [6.45, 7) is 0. The van der Waals surface area contributed by atoms with E-state index in [2.05, 4.69) is 11.4 Å². The van der Waals surface area contributed by atoms with Crippen LogP contribution >= 0.6 is 0 Å². The van der Waals surface area contributed by atoms with Crippen LogP contribution in [0.1, 0.15) is 43.2 Å². The molecule has 5 heteroatoms. The zero-order chi connectivity index (χ0) is 15.9. The summed E-state index contributed by atoms with van der Waals surface area (Å²) >= 11 is 0. The van der Waals surface area contributed by atoms with E-state index >= 15 is 0 Å². The summed E-state index contributed by atoms with van der Waals surface area (Å²) in [5.41, 5.74) is 6.64. The standard InChI is InChI=1S/C17H21N3O2/c18-11-14-9-5-4-8-13(14)10-15(16(19)21)20-17(22)12-6-2-1-3-7-12/h4-5,8-9,12,15H,1-3,6-7,10H2,(H2,19,21)(H,20,22)/t15-/m0/s1. The van der Waals surface area contributed by atoms with Crippen LogP contribution in [-0.4, -0.2) is 17.9 Å². The van der Waals surface area contributed by atoms with Crippen LogP contribution in [0.2, 0.25) is 0 Å². The van der Waals surface area contributed by atoms with Crippen LogP contribution in [0.15, 0.2) is 24.3 Å². The molecule has 0 aromatic heterocycles. The molecule has 2 rings (SSSR count). The highest BCUT2D eigenvalue weighted by Gasteiger charge is 2.26. The Bertz CT molecular complexity index is 586. The van der Waals surface area contributed by atoms with Gasteiger partial charge in [0, 0.05) is 12.3 Å². The maximum atomic E-state index is 12.3. The van der Waals surface area contributed by atoms with Gasteiger partial charge in [-0.15, -0.1) is 0 Å². The van der Waals surface area contributed by atoms with Gasteiger partial charge in [0.25, 0.3) is 0 Å². The van der Waals surface area contributed by atoms with E-state index in [1.54, 1.807) is 24.3 Å². The zero-order valence-corrected chi connectivity index (χ0v) is 12.5. The van der Waals surface area contributed by atoms with E-state index in [9.17, 15) is 9.59 Å². The maximum absolute atomic E-state index is 12.3. The van der Waals surface area contributed by atoms with Crippen molar-refractivity contribution in [2.45, 2.75) is 44.6 Å². The van der Waals surface area contributed by atoms with Crippen molar-refractivity contribution in [3.8, 4) is 6.07 Å². The first-order valence-corrected chi connectivity index (χ1v) is 7.69. The van der Waals surface area contributed by atoms with Crippen molar-refractivity contribution in [1.82, 2.24) is 5.32 Å². The zero-order valence-electron chi connectivity index (χ0n) is 12.5. The molecule has 0 aliphatic heterocycles. The molecule has 0 heterocycles. The van der Waals surface area contributed by atoms with Gasteiger partial charge in [-0.1, -0.05) is 37.5 Å². The molecule has 1 fully saturated rings. The van der Waals surface area contributed by atoms with E-state index in [1.165, 1.54) is 6.42 Å². The Morgan fingerprint density at radius 3 is 2.59 bits per heavy atom. The molecule has 5 nitrogen and oxygen atoms in total. The molecule has 116 valence electrons. The van der Waals surface area contributed by atoms with Crippen molar-refractivity contribution >= 4 is 11.8 Å². The van der Waals surface area contributed by atoms with Crippen LogP contribution in [0.25, 0.3) is 0 Å². The Hall–Kier alpha value is -2.35. The molecule has 1 aliphatic carbocycles. The molecular weight excluding hydrogens is 278 g/mol. The van der Waals surface area contributed by atoms with Gasteiger partial charge in [0.1, 0.15) is 6.04 Å². The topological polar surface area (TPSA) is 96.0 Å². The van der Waals surface area contributed by atoms with Gasteiger partial charge in [0.2, 0.25) is 11.8 Å². The van der Waals surface area contributed by atoms with Crippen molar-refractivity contribution in [3.63, 3.8) is 0 Å². The normalized spacial score (nSPS) is 16.5. The van der Waals surface area contributed by atoms with Gasteiger partial charge in [-0.05, 0) is 24.5 Å². The molecule has 1 atom stereocenters. The summed E-state index contributed by atoms with van der Waals surface area (Å²) in [5, 5.41) is 11.9. The highest BCUT2D eigenvalue weighted by Crippen LogP contribution is 2.24. The fraction of sp³-hybridized carbons (Fsp3) is 0.471. The molecule has 0 bridgehead atoms. The molecule has 0 radical (unpaired) electrons. The fourth-order valence-corrected chi connectivity index (χ4v) is 2.90. The molecule has 1 aromatic rings. The van der Waals surface area contributed by atoms with Crippen LogP contribution in [0, 0.1) is 17.2 Å². The first-order valence-electron chi connectivity index (χ1n) is 7.69. The minimum atomic E-state index is -0.774. The van der Waals surface area contributed by atoms with Crippen molar-refractivity contribution in [2.75, 3.05) is 0 Å². The average Bonchev–Trinajstić information content (AvgIpc) is 2.55. The lowest BCUT2D eigenvalue weighted by Gasteiger charge is -2.23. The number of hydrogen-bond donors (Lipinski definition) is 2. The third-order valence-electron chi connectivity index (χ3n) is 4.20. The second kappa shape index (κ2) is 7.60. The van der Waals surface area contributed by atoms with Crippen molar-refractivity contribution in [2.24, 2.45) is 11.7 Å². The molecule has 0 unspecified atom stereocenters. The Labute approximate surface area is 130 Å². The largest absolute Gasteiger partial charge is 0.368 e. The van der Waals surface area contributed by atoms with Gasteiger partial charge in [-0.3, -0.25) is 9.59 Å². The number of nitriles is 1. The van der Waals surface area contributed by atoms with Crippen molar-refractivity contribution < 1.29 is 9.59 Å². The second-order valence-electron chi connectivity index (χ2n) is 5.77. The van der Waals surface area contributed by atoms with Crippen molar-refractivity contribution in [3.05, 3.63) is 35.4 Å². The van der Waals surface area contributed by atoms with E-state index in [0.29, 0.717) is 5.56 Å². The predicted octanol–water partition coefficient (Wildman–Crippen LogP) is 1.65. The Morgan fingerprint density at radius 2 is 1.95 bits per heavy atom. The summed E-state index contributed by atoms with van der Waals surface area (Å²) < 4.78 is 0. The van der Waals surface area contributed by atoms with Gasteiger partial charge in [0.05, 0.1) is 11.6 Å². The fourth-order valence-electron chi connectivity index (χ4n) is 2.90. The average molecular weight is 299 g/mol.